The van der Waals surface area contributed by atoms with Crippen LogP contribution < -0.4 is 16.2 Å². The van der Waals surface area contributed by atoms with Gasteiger partial charge in [0.25, 0.3) is 5.69 Å². The van der Waals surface area contributed by atoms with Crippen LogP contribution in [0.3, 0.4) is 0 Å². The van der Waals surface area contributed by atoms with E-state index in [-0.39, 0.29) is 23.7 Å². The Morgan fingerprint density at radius 1 is 1.47 bits per heavy atom. The van der Waals surface area contributed by atoms with E-state index in [2.05, 4.69) is 10.4 Å². The number of morpholine rings is 1. The van der Waals surface area contributed by atoms with Gasteiger partial charge >= 0.3 is 0 Å². The zero-order valence-corrected chi connectivity index (χ0v) is 10.9. The molecule has 0 aromatic carbocycles. The van der Waals surface area contributed by atoms with Gasteiger partial charge in [0.05, 0.1) is 29.3 Å². The number of nitrogens with one attached hydrogen (secondary N) is 1. The standard InChI is InChI=1S/C11H17N5O3/c1-7-5-15(6-8(2)19-7)11-4-9(16(17)18)3-10(13-11)14-12/h3-4,7-8H,5-6,12H2,1-2H3,(H,13,14)/t7-,8+. The number of hydrogen-bond acceptors (Lipinski definition) is 7. The SMILES string of the molecule is C[C@@H]1CN(c2cc([N+](=O)[O-])cc(NN)n2)C[C@H](C)O1. The molecule has 0 radical (unpaired) electrons. The van der Waals surface area contributed by atoms with Crippen molar-refractivity contribution in [2.75, 3.05) is 23.4 Å². The topological polar surface area (TPSA) is 107 Å². The zero-order valence-electron chi connectivity index (χ0n) is 10.9. The van der Waals surface area contributed by atoms with Crippen LogP contribution in [0.4, 0.5) is 17.3 Å². The van der Waals surface area contributed by atoms with Gasteiger partial charge in [-0.1, -0.05) is 0 Å². The highest BCUT2D eigenvalue weighted by atomic mass is 16.6. The molecule has 1 saturated heterocycles. The van der Waals surface area contributed by atoms with Crippen LogP contribution in [0, 0.1) is 10.1 Å². The van der Waals surface area contributed by atoms with E-state index in [1.54, 1.807) is 0 Å². The third kappa shape index (κ3) is 3.09. The molecular weight excluding hydrogens is 250 g/mol. The number of nitrogen functional groups attached to an aromatic ring is 1. The van der Waals surface area contributed by atoms with Gasteiger partial charge in [-0.25, -0.2) is 10.8 Å². The van der Waals surface area contributed by atoms with Gasteiger partial charge in [0, 0.05) is 13.1 Å². The molecule has 1 aliphatic rings. The first-order valence-electron chi connectivity index (χ1n) is 6.03. The molecule has 19 heavy (non-hydrogen) atoms. The zero-order chi connectivity index (χ0) is 14.0. The lowest BCUT2D eigenvalue weighted by Crippen LogP contribution is -2.45. The van der Waals surface area contributed by atoms with Gasteiger partial charge in [-0.05, 0) is 13.8 Å². The van der Waals surface area contributed by atoms with E-state index in [9.17, 15) is 10.1 Å². The second kappa shape index (κ2) is 5.37. The number of nitrogens with two attached hydrogens (primary N) is 1. The molecule has 0 spiro atoms. The fourth-order valence-electron chi connectivity index (χ4n) is 2.21. The molecule has 0 unspecified atom stereocenters. The summed E-state index contributed by atoms with van der Waals surface area (Å²) in [5.74, 6) is 6.10. The fourth-order valence-corrected chi connectivity index (χ4v) is 2.21. The molecule has 0 bridgehead atoms. The van der Waals surface area contributed by atoms with Gasteiger partial charge in [0.2, 0.25) is 0 Å². The predicted molar refractivity (Wildman–Crippen MR) is 70.9 cm³/mol. The number of rotatable bonds is 3. The van der Waals surface area contributed by atoms with Crippen LogP contribution in [-0.2, 0) is 4.74 Å². The number of aromatic nitrogens is 1. The van der Waals surface area contributed by atoms with Crippen LogP contribution in [0.1, 0.15) is 13.8 Å². The van der Waals surface area contributed by atoms with Gasteiger partial charge in [0.1, 0.15) is 11.6 Å². The first-order chi connectivity index (χ1) is 8.99. The van der Waals surface area contributed by atoms with E-state index >= 15 is 0 Å². The van der Waals surface area contributed by atoms with Crippen molar-refractivity contribution in [3.8, 4) is 0 Å². The van der Waals surface area contributed by atoms with E-state index in [0.29, 0.717) is 18.9 Å². The van der Waals surface area contributed by atoms with E-state index in [4.69, 9.17) is 10.6 Å². The molecule has 8 nitrogen and oxygen atoms in total. The Balaban J connectivity index is 2.32. The molecule has 0 saturated carbocycles. The largest absolute Gasteiger partial charge is 0.372 e. The summed E-state index contributed by atoms with van der Waals surface area (Å²) in [7, 11) is 0. The highest BCUT2D eigenvalue weighted by Crippen LogP contribution is 2.25. The number of hydrogen-bond donors (Lipinski definition) is 2. The van der Waals surface area contributed by atoms with Crippen molar-refractivity contribution in [3.05, 3.63) is 22.2 Å². The monoisotopic (exact) mass is 267 g/mol. The first kappa shape index (κ1) is 13.5. The average molecular weight is 267 g/mol. The molecule has 0 aliphatic carbocycles. The van der Waals surface area contributed by atoms with Crippen LogP contribution in [-0.4, -0.2) is 35.2 Å². The van der Waals surface area contributed by atoms with Crippen molar-refractivity contribution < 1.29 is 9.66 Å². The molecular formula is C11H17N5O3. The van der Waals surface area contributed by atoms with Crippen LogP contribution in [0.5, 0.6) is 0 Å². The smallest absolute Gasteiger partial charge is 0.276 e. The van der Waals surface area contributed by atoms with E-state index in [1.165, 1.54) is 12.1 Å². The minimum Gasteiger partial charge on any atom is -0.372 e. The van der Waals surface area contributed by atoms with Gasteiger partial charge in [-0.2, -0.15) is 0 Å². The van der Waals surface area contributed by atoms with Gasteiger partial charge in [0.15, 0.2) is 0 Å². The predicted octanol–water partition coefficient (Wildman–Crippen LogP) is 0.889. The lowest BCUT2D eigenvalue weighted by atomic mass is 10.2. The summed E-state index contributed by atoms with van der Waals surface area (Å²) in [6.45, 7) is 5.20. The van der Waals surface area contributed by atoms with Crippen molar-refractivity contribution in [3.63, 3.8) is 0 Å². The van der Waals surface area contributed by atoms with E-state index in [0.717, 1.165) is 0 Å². The lowest BCUT2D eigenvalue weighted by Gasteiger charge is -2.36. The quantitative estimate of drug-likeness (QED) is 0.475. The summed E-state index contributed by atoms with van der Waals surface area (Å²) >= 11 is 0. The summed E-state index contributed by atoms with van der Waals surface area (Å²) in [5, 5.41) is 10.9. The Kier molecular flexibility index (Phi) is 3.82. The maximum Gasteiger partial charge on any atom is 0.276 e. The molecule has 0 amide bonds. The van der Waals surface area contributed by atoms with Crippen LogP contribution in [0.2, 0.25) is 0 Å². The van der Waals surface area contributed by atoms with E-state index < -0.39 is 4.92 Å². The number of pyridine rings is 1. The Labute approximate surface area is 110 Å². The molecule has 1 aliphatic heterocycles. The molecule has 104 valence electrons. The maximum atomic E-state index is 10.9. The molecule has 3 N–H and O–H groups in total. The normalized spacial score (nSPS) is 23.2. The van der Waals surface area contributed by atoms with Crippen molar-refractivity contribution in [1.29, 1.82) is 0 Å². The highest BCUT2D eigenvalue weighted by molar-refractivity contribution is 5.55. The van der Waals surface area contributed by atoms with Gasteiger partial charge in [-0.3, -0.25) is 10.1 Å². The molecule has 2 rings (SSSR count). The minimum absolute atomic E-state index is 0.0373. The lowest BCUT2D eigenvalue weighted by molar-refractivity contribution is -0.384. The average Bonchev–Trinajstić information content (AvgIpc) is 2.37. The molecule has 2 heterocycles. The number of ether oxygens (including phenoxy) is 1. The van der Waals surface area contributed by atoms with Crippen molar-refractivity contribution in [1.82, 2.24) is 4.98 Å². The van der Waals surface area contributed by atoms with Gasteiger partial charge < -0.3 is 15.1 Å². The van der Waals surface area contributed by atoms with Gasteiger partial charge in [-0.15, -0.1) is 0 Å². The van der Waals surface area contributed by atoms with Crippen LogP contribution in [0.15, 0.2) is 12.1 Å². The Morgan fingerprint density at radius 2 is 2.11 bits per heavy atom. The first-order valence-corrected chi connectivity index (χ1v) is 6.03. The molecule has 1 fully saturated rings. The fraction of sp³-hybridized carbons (Fsp3) is 0.545. The van der Waals surface area contributed by atoms with E-state index in [1.807, 2.05) is 18.7 Å². The third-order valence-corrected chi connectivity index (χ3v) is 2.90. The van der Waals surface area contributed by atoms with Crippen molar-refractivity contribution in [2.24, 2.45) is 5.84 Å². The molecule has 2 atom stereocenters. The molecule has 8 heteroatoms. The second-order valence-electron chi connectivity index (χ2n) is 4.63. The molecule has 1 aromatic rings. The third-order valence-electron chi connectivity index (χ3n) is 2.90. The highest BCUT2D eigenvalue weighted by Gasteiger charge is 2.25. The maximum absolute atomic E-state index is 10.9. The Bertz CT molecular complexity index is 471. The van der Waals surface area contributed by atoms with Crippen molar-refractivity contribution >= 4 is 17.3 Å². The summed E-state index contributed by atoms with van der Waals surface area (Å²) in [6.07, 6.45) is 0.109. The number of nitrogens with zero attached hydrogens (tertiary/aromatic N) is 3. The number of hydrazine groups is 1. The Morgan fingerprint density at radius 3 is 2.63 bits per heavy atom. The van der Waals surface area contributed by atoms with Crippen LogP contribution >= 0.6 is 0 Å². The molecule has 1 aromatic heterocycles. The number of anilines is 2. The van der Waals surface area contributed by atoms with Crippen molar-refractivity contribution in [2.45, 2.75) is 26.1 Å². The summed E-state index contributed by atoms with van der Waals surface area (Å²) in [5.41, 5.74) is 2.31. The number of nitro groups is 1. The minimum atomic E-state index is -0.459. The second-order valence-corrected chi connectivity index (χ2v) is 4.63. The summed E-state index contributed by atoms with van der Waals surface area (Å²) in [6, 6.07) is 2.75. The summed E-state index contributed by atoms with van der Waals surface area (Å²) in [4.78, 5) is 16.7. The van der Waals surface area contributed by atoms with Crippen LogP contribution in [0.25, 0.3) is 0 Å². The summed E-state index contributed by atoms with van der Waals surface area (Å²) < 4.78 is 5.63. The Hall–Kier alpha value is -1.93.